The van der Waals surface area contributed by atoms with Gasteiger partial charge < -0.3 is 9.64 Å². The molecule has 2 aromatic rings. The summed E-state index contributed by atoms with van der Waals surface area (Å²) >= 11 is 0. The van der Waals surface area contributed by atoms with E-state index in [0.717, 1.165) is 23.0 Å². The first kappa shape index (κ1) is 18.9. The highest BCUT2D eigenvalue weighted by Crippen LogP contribution is 2.23. The molecule has 0 N–H and O–H groups in total. The minimum atomic E-state index is -0.639. The van der Waals surface area contributed by atoms with Crippen LogP contribution in [0, 0.1) is 0 Å². The monoisotopic (exact) mass is 367 g/mol. The molecule has 0 fully saturated rings. The second-order valence-corrected chi connectivity index (χ2v) is 7.69. The summed E-state index contributed by atoms with van der Waals surface area (Å²) < 4.78 is 5.33. The van der Waals surface area contributed by atoms with Crippen molar-refractivity contribution in [2.24, 2.45) is 0 Å². The van der Waals surface area contributed by atoms with E-state index in [2.05, 4.69) is 17.1 Å². The number of carbonyl (C=O) groups is 2. The second-order valence-electron chi connectivity index (χ2n) is 7.69. The predicted octanol–water partition coefficient (Wildman–Crippen LogP) is 3.65. The zero-order chi connectivity index (χ0) is 19.6. The molecule has 0 radical (unpaired) electrons. The van der Waals surface area contributed by atoms with Crippen molar-refractivity contribution in [1.82, 2.24) is 9.88 Å². The first-order chi connectivity index (χ1) is 12.7. The molecular formula is C21H25N3O3. The van der Waals surface area contributed by atoms with E-state index in [1.165, 1.54) is 5.56 Å². The number of anilines is 1. The molecule has 3 rings (SSSR count). The van der Waals surface area contributed by atoms with Crippen molar-refractivity contribution in [3.8, 4) is 0 Å². The van der Waals surface area contributed by atoms with Gasteiger partial charge in [-0.25, -0.2) is 14.7 Å². The van der Waals surface area contributed by atoms with E-state index in [4.69, 9.17) is 4.74 Å². The first-order valence-electron chi connectivity index (χ1n) is 9.04. The third-order valence-corrected chi connectivity index (χ3v) is 4.27. The van der Waals surface area contributed by atoms with E-state index in [-0.39, 0.29) is 12.5 Å². The van der Waals surface area contributed by atoms with Crippen LogP contribution in [0.4, 0.5) is 10.6 Å². The van der Waals surface area contributed by atoms with Crippen molar-refractivity contribution in [1.29, 1.82) is 0 Å². The fourth-order valence-corrected chi connectivity index (χ4v) is 2.98. The third-order valence-electron chi connectivity index (χ3n) is 4.27. The van der Waals surface area contributed by atoms with Crippen molar-refractivity contribution in [3.63, 3.8) is 0 Å². The highest BCUT2D eigenvalue weighted by molar-refractivity contribution is 6.04. The molecule has 1 aliphatic rings. The van der Waals surface area contributed by atoms with Crippen molar-refractivity contribution < 1.29 is 14.3 Å². The molecule has 27 heavy (non-hydrogen) atoms. The number of benzene rings is 1. The fraction of sp³-hybridized carbons (Fsp3) is 0.381. The molecule has 1 aromatic heterocycles. The van der Waals surface area contributed by atoms with Crippen molar-refractivity contribution >= 4 is 17.8 Å². The molecule has 0 bridgehead atoms. The van der Waals surface area contributed by atoms with Crippen molar-refractivity contribution in [2.45, 2.75) is 39.3 Å². The molecule has 1 aliphatic heterocycles. The number of carbonyl (C=O) groups excluding carboxylic acids is 2. The standard InChI is InChI=1S/C21H25N3O3/c1-21(2,3)27-20(26)24-13-12-17-16(19(24)25)10-11-18(22-17)23(4)14-15-8-6-5-7-9-15/h5-11H,12-14H2,1-4H3. The molecule has 142 valence electrons. The van der Waals surface area contributed by atoms with Crippen LogP contribution in [0.3, 0.4) is 0 Å². The number of hydrogen-bond acceptors (Lipinski definition) is 5. The van der Waals surface area contributed by atoms with Crippen LogP contribution in [-0.4, -0.2) is 41.1 Å². The number of nitrogens with zero attached hydrogens (tertiary/aromatic N) is 3. The molecule has 2 amide bonds. The number of imide groups is 1. The van der Waals surface area contributed by atoms with Crippen LogP contribution < -0.4 is 4.90 Å². The zero-order valence-corrected chi connectivity index (χ0v) is 16.2. The number of fused-ring (bicyclic) bond motifs is 1. The van der Waals surface area contributed by atoms with Gasteiger partial charge >= 0.3 is 6.09 Å². The zero-order valence-electron chi connectivity index (χ0n) is 16.2. The first-order valence-corrected chi connectivity index (χ1v) is 9.04. The smallest absolute Gasteiger partial charge is 0.417 e. The van der Waals surface area contributed by atoms with Crippen LogP contribution in [0.25, 0.3) is 0 Å². The fourth-order valence-electron chi connectivity index (χ4n) is 2.98. The maximum Gasteiger partial charge on any atom is 0.417 e. The molecule has 0 saturated heterocycles. The summed E-state index contributed by atoms with van der Waals surface area (Å²) in [5.74, 6) is 0.450. The Morgan fingerprint density at radius 3 is 2.56 bits per heavy atom. The minimum Gasteiger partial charge on any atom is -0.443 e. The number of pyridine rings is 1. The minimum absolute atomic E-state index is 0.277. The van der Waals surface area contributed by atoms with E-state index >= 15 is 0 Å². The van der Waals surface area contributed by atoms with Crippen LogP contribution in [0.5, 0.6) is 0 Å². The van der Waals surface area contributed by atoms with Crippen LogP contribution in [0.15, 0.2) is 42.5 Å². The number of aromatic nitrogens is 1. The lowest BCUT2D eigenvalue weighted by atomic mass is 10.0. The molecule has 0 spiro atoms. The van der Waals surface area contributed by atoms with E-state index in [1.54, 1.807) is 26.8 Å². The van der Waals surface area contributed by atoms with E-state index in [9.17, 15) is 9.59 Å². The van der Waals surface area contributed by atoms with Crippen LogP contribution >= 0.6 is 0 Å². The summed E-state index contributed by atoms with van der Waals surface area (Å²) in [6.45, 7) is 6.35. The molecule has 6 heteroatoms. The Bertz CT molecular complexity index is 843. The molecule has 0 saturated carbocycles. The largest absolute Gasteiger partial charge is 0.443 e. The van der Waals surface area contributed by atoms with Gasteiger partial charge in [-0.05, 0) is 38.5 Å². The number of ether oxygens (including phenoxy) is 1. The molecule has 6 nitrogen and oxygen atoms in total. The molecule has 0 aliphatic carbocycles. The summed E-state index contributed by atoms with van der Waals surface area (Å²) in [5.41, 5.74) is 1.73. The SMILES string of the molecule is CN(Cc1ccccc1)c1ccc2c(n1)CCN(C(=O)OC(C)(C)C)C2=O. The molecule has 0 atom stereocenters. The summed E-state index contributed by atoms with van der Waals surface area (Å²) in [6, 6.07) is 13.7. The van der Waals surface area contributed by atoms with Gasteiger partial charge in [-0.15, -0.1) is 0 Å². The number of amides is 2. The summed E-state index contributed by atoms with van der Waals surface area (Å²) in [5, 5.41) is 0. The maximum atomic E-state index is 12.7. The van der Waals surface area contributed by atoms with Gasteiger partial charge in [0.25, 0.3) is 5.91 Å². The Hall–Kier alpha value is -2.89. The molecule has 0 unspecified atom stereocenters. The van der Waals surface area contributed by atoms with Crippen LogP contribution in [0.2, 0.25) is 0 Å². The lowest BCUT2D eigenvalue weighted by Gasteiger charge is -2.29. The topological polar surface area (TPSA) is 62.7 Å². The Morgan fingerprint density at radius 1 is 1.19 bits per heavy atom. The van der Waals surface area contributed by atoms with Crippen molar-refractivity contribution in [3.05, 3.63) is 59.3 Å². The van der Waals surface area contributed by atoms with Gasteiger partial charge in [0.1, 0.15) is 11.4 Å². The van der Waals surface area contributed by atoms with Crippen LogP contribution in [0.1, 0.15) is 42.4 Å². The van der Waals surface area contributed by atoms with Crippen LogP contribution in [-0.2, 0) is 17.7 Å². The normalized spacial score (nSPS) is 13.9. The van der Waals surface area contributed by atoms with Gasteiger partial charge in [0.2, 0.25) is 0 Å². The van der Waals surface area contributed by atoms with E-state index in [1.807, 2.05) is 36.2 Å². The number of rotatable bonds is 3. The second kappa shape index (κ2) is 7.39. The summed E-state index contributed by atoms with van der Waals surface area (Å²) in [7, 11) is 1.97. The van der Waals surface area contributed by atoms with Gasteiger partial charge in [-0.3, -0.25) is 4.79 Å². The quantitative estimate of drug-likeness (QED) is 0.829. The number of hydrogen-bond donors (Lipinski definition) is 0. The molecular weight excluding hydrogens is 342 g/mol. The Labute approximate surface area is 159 Å². The summed E-state index contributed by atoms with van der Waals surface area (Å²) in [6.07, 6.45) is -0.0868. The average molecular weight is 367 g/mol. The van der Waals surface area contributed by atoms with E-state index < -0.39 is 11.7 Å². The van der Waals surface area contributed by atoms with Gasteiger partial charge in [0.15, 0.2) is 0 Å². The summed E-state index contributed by atoms with van der Waals surface area (Å²) in [4.78, 5) is 32.8. The highest BCUT2D eigenvalue weighted by atomic mass is 16.6. The van der Waals surface area contributed by atoms with E-state index in [0.29, 0.717) is 12.0 Å². The van der Waals surface area contributed by atoms with Gasteiger partial charge in [0, 0.05) is 26.6 Å². The Balaban J connectivity index is 1.75. The third kappa shape index (κ3) is 4.45. The molecule has 2 heterocycles. The lowest BCUT2D eigenvalue weighted by molar-refractivity contribution is 0.0232. The molecule has 1 aromatic carbocycles. The van der Waals surface area contributed by atoms with Gasteiger partial charge in [0.05, 0.1) is 11.3 Å². The maximum absolute atomic E-state index is 12.7. The Kier molecular flexibility index (Phi) is 5.17. The van der Waals surface area contributed by atoms with Gasteiger partial charge in [-0.2, -0.15) is 0 Å². The van der Waals surface area contributed by atoms with Crippen molar-refractivity contribution in [2.75, 3.05) is 18.5 Å². The van der Waals surface area contributed by atoms with Gasteiger partial charge in [-0.1, -0.05) is 30.3 Å². The Morgan fingerprint density at radius 2 is 1.89 bits per heavy atom. The lowest BCUT2D eigenvalue weighted by Crippen LogP contribution is -2.45. The predicted molar refractivity (Wildman–Crippen MR) is 104 cm³/mol. The average Bonchev–Trinajstić information content (AvgIpc) is 2.61. The highest BCUT2D eigenvalue weighted by Gasteiger charge is 2.33.